The molecule has 0 fully saturated rings. The Morgan fingerprint density at radius 3 is 3.00 bits per heavy atom. The summed E-state index contributed by atoms with van der Waals surface area (Å²) in [5.41, 5.74) is 7.77. The molecule has 148 valence electrons. The van der Waals surface area contributed by atoms with Crippen LogP contribution in [-0.4, -0.2) is 32.4 Å². The SMILES string of the molecule is CCOc1cncc(-c2cnc(C(=O)NC([I-]NI)c3cc(N)ccn3)s2)n1. The molecule has 12 heteroatoms. The summed E-state index contributed by atoms with van der Waals surface area (Å²) in [5.74, 6) is 0.163. The molecule has 0 aliphatic heterocycles. The maximum atomic E-state index is 12.7. The fourth-order valence-corrected chi connectivity index (χ4v) is 5.85. The van der Waals surface area contributed by atoms with Gasteiger partial charge < -0.3 is 0 Å². The number of ether oxygens (including phenoxy) is 1. The van der Waals surface area contributed by atoms with Crippen LogP contribution in [0.2, 0.25) is 0 Å². The van der Waals surface area contributed by atoms with Crippen LogP contribution in [0.25, 0.3) is 10.6 Å². The topological polar surface area (TPSA) is 128 Å². The fraction of sp³-hybridized carbons (Fsp3) is 0.188. The number of aromatic nitrogens is 4. The van der Waals surface area contributed by atoms with Gasteiger partial charge in [0.05, 0.1) is 0 Å². The third-order valence-electron chi connectivity index (χ3n) is 3.33. The number of anilines is 1. The van der Waals surface area contributed by atoms with Gasteiger partial charge in [-0.15, -0.1) is 0 Å². The van der Waals surface area contributed by atoms with E-state index in [9.17, 15) is 4.79 Å². The van der Waals surface area contributed by atoms with Gasteiger partial charge in [0.25, 0.3) is 0 Å². The molecule has 3 heterocycles. The third-order valence-corrected chi connectivity index (χ3v) is 7.74. The standard InChI is InChI=1S/C16H16I2N7O2S/c1-2-27-13-8-20-6-11(23-13)12-7-22-16(28-12)15(26)24-14(18-25-17)10-5-9(19)3-4-21-10/h3-8,14,25H,2H2,1H3,(H2,19,21)(H,24,26)/q-1. The number of nitrogen functional groups attached to an aromatic ring is 1. The first-order valence-electron chi connectivity index (χ1n) is 8.02. The number of alkyl halides is 1. The van der Waals surface area contributed by atoms with Crippen LogP contribution >= 0.6 is 34.2 Å². The Labute approximate surface area is 190 Å². The van der Waals surface area contributed by atoms with Gasteiger partial charge in [0.1, 0.15) is 0 Å². The van der Waals surface area contributed by atoms with E-state index in [1.54, 1.807) is 36.9 Å². The molecule has 0 radical (unpaired) electrons. The Kier molecular flexibility index (Phi) is 7.69. The Bertz CT molecular complexity index is 956. The summed E-state index contributed by atoms with van der Waals surface area (Å²) >= 11 is 2.74. The second-order valence-electron chi connectivity index (χ2n) is 5.24. The zero-order chi connectivity index (χ0) is 19.9. The van der Waals surface area contributed by atoms with Crippen molar-refractivity contribution in [2.45, 2.75) is 11.0 Å². The molecule has 4 N–H and O–H groups in total. The van der Waals surface area contributed by atoms with Gasteiger partial charge >= 0.3 is 191 Å². The molecular formula is C16H16I2N7O2S-. The predicted octanol–water partition coefficient (Wildman–Crippen LogP) is -0.652. The van der Waals surface area contributed by atoms with Crippen LogP contribution in [0.3, 0.4) is 0 Å². The van der Waals surface area contributed by atoms with Crippen LogP contribution in [-0.2, 0) is 0 Å². The minimum absolute atomic E-state index is 0.236. The summed E-state index contributed by atoms with van der Waals surface area (Å²) in [5, 5.41) is 3.32. The van der Waals surface area contributed by atoms with Crippen LogP contribution in [0.5, 0.6) is 5.88 Å². The van der Waals surface area contributed by atoms with E-state index in [-0.39, 0.29) is 9.96 Å². The summed E-state index contributed by atoms with van der Waals surface area (Å²) in [6, 6.07) is 3.48. The van der Waals surface area contributed by atoms with E-state index in [2.05, 4.69) is 49.9 Å². The first-order chi connectivity index (χ1) is 13.6. The van der Waals surface area contributed by atoms with Crippen molar-refractivity contribution >= 4 is 45.8 Å². The number of amides is 1. The van der Waals surface area contributed by atoms with Crippen LogP contribution in [0.15, 0.2) is 36.9 Å². The molecule has 28 heavy (non-hydrogen) atoms. The van der Waals surface area contributed by atoms with Crippen LogP contribution < -0.4 is 39.0 Å². The molecule has 3 rings (SSSR count). The molecule has 0 bridgehead atoms. The predicted molar refractivity (Wildman–Crippen MR) is 110 cm³/mol. The number of halogens is 2. The van der Waals surface area contributed by atoms with Crippen molar-refractivity contribution in [2.24, 2.45) is 0 Å². The monoisotopic (exact) mass is 624 g/mol. The summed E-state index contributed by atoms with van der Waals surface area (Å²) in [4.78, 5) is 30.5. The van der Waals surface area contributed by atoms with E-state index in [0.29, 0.717) is 28.9 Å². The molecule has 0 spiro atoms. The molecule has 0 saturated carbocycles. The molecule has 1 unspecified atom stereocenters. The third kappa shape index (κ3) is 5.45. The van der Waals surface area contributed by atoms with Crippen LogP contribution in [0, 0.1) is 0 Å². The van der Waals surface area contributed by atoms with Crippen LogP contribution in [0.4, 0.5) is 5.69 Å². The van der Waals surface area contributed by atoms with E-state index in [4.69, 9.17) is 10.5 Å². The summed E-state index contributed by atoms with van der Waals surface area (Å²) < 4.78 is 8.26. The van der Waals surface area contributed by atoms with Crippen molar-refractivity contribution in [3.05, 3.63) is 47.6 Å². The molecule has 1 atom stereocenters. The molecule has 0 aliphatic carbocycles. The number of hydrogen-bond donors (Lipinski definition) is 3. The molecule has 3 aromatic heterocycles. The number of nitrogens with one attached hydrogen (secondary N) is 2. The van der Waals surface area contributed by atoms with E-state index in [1.807, 2.05) is 6.92 Å². The number of pyridine rings is 1. The number of carbonyl (C=O) groups excluding carboxylic acids is 1. The quantitative estimate of drug-likeness (QED) is 0.131. The van der Waals surface area contributed by atoms with E-state index in [1.165, 1.54) is 11.3 Å². The van der Waals surface area contributed by atoms with Gasteiger partial charge in [0.2, 0.25) is 0 Å². The Balaban J connectivity index is 1.76. The van der Waals surface area contributed by atoms with Crippen molar-refractivity contribution < 1.29 is 31.0 Å². The van der Waals surface area contributed by atoms with Gasteiger partial charge in [-0.2, -0.15) is 0 Å². The second kappa shape index (κ2) is 10.2. The van der Waals surface area contributed by atoms with Crippen molar-refractivity contribution in [2.75, 3.05) is 12.3 Å². The average molecular weight is 624 g/mol. The van der Waals surface area contributed by atoms with Gasteiger partial charge in [0, 0.05) is 0 Å². The zero-order valence-electron chi connectivity index (χ0n) is 14.6. The Morgan fingerprint density at radius 1 is 1.39 bits per heavy atom. The Morgan fingerprint density at radius 2 is 2.25 bits per heavy atom. The van der Waals surface area contributed by atoms with Crippen molar-refractivity contribution in [1.82, 2.24) is 27.0 Å². The first-order valence-corrected chi connectivity index (χ1v) is 12.2. The summed E-state index contributed by atoms with van der Waals surface area (Å²) in [6.07, 6.45) is 6.40. The van der Waals surface area contributed by atoms with E-state index < -0.39 is 21.5 Å². The number of carbonyl (C=O) groups is 1. The van der Waals surface area contributed by atoms with Gasteiger partial charge in [-0.1, -0.05) is 0 Å². The van der Waals surface area contributed by atoms with Gasteiger partial charge in [-0.05, 0) is 0 Å². The average Bonchev–Trinajstić information content (AvgIpc) is 3.18. The number of rotatable bonds is 8. The van der Waals surface area contributed by atoms with Crippen molar-refractivity contribution in [3.63, 3.8) is 0 Å². The van der Waals surface area contributed by atoms with Crippen molar-refractivity contribution in [3.8, 4) is 16.5 Å². The molecule has 0 aliphatic rings. The van der Waals surface area contributed by atoms with Gasteiger partial charge in [0.15, 0.2) is 0 Å². The maximum absolute atomic E-state index is 12.7. The van der Waals surface area contributed by atoms with E-state index >= 15 is 0 Å². The normalized spacial score (nSPS) is 11.9. The molecule has 1 amide bonds. The molecule has 0 saturated heterocycles. The number of nitrogens with two attached hydrogens (primary N) is 1. The fourth-order valence-electron chi connectivity index (χ4n) is 2.16. The number of nitrogens with zero attached hydrogens (tertiary/aromatic N) is 4. The first kappa shape index (κ1) is 21.1. The minimum atomic E-state index is -0.577. The second-order valence-corrected chi connectivity index (χ2v) is 11.3. The number of thiazole rings is 1. The summed E-state index contributed by atoms with van der Waals surface area (Å²) in [6.45, 7) is 2.38. The molecule has 0 aromatic carbocycles. The summed E-state index contributed by atoms with van der Waals surface area (Å²) in [7, 11) is 0. The van der Waals surface area contributed by atoms with E-state index in [0.717, 1.165) is 10.6 Å². The molecular weight excluding hydrogens is 608 g/mol. The molecule has 3 aromatic rings. The number of hydrogen-bond acceptors (Lipinski definition) is 9. The zero-order valence-corrected chi connectivity index (χ0v) is 19.7. The van der Waals surface area contributed by atoms with Gasteiger partial charge in [-0.25, -0.2) is 0 Å². The van der Waals surface area contributed by atoms with Gasteiger partial charge in [-0.3, -0.25) is 0 Å². The van der Waals surface area contributed by atoms with Crippen LogP contribution in [0.1, 0.15) is 26.5 Å². The van der Waals surface area contributed by atoms with Crippen molar-refractivity contribution in [1.29, 1.82) is 0 Å². The Hall–Kier alpha value is -1.65. The molecule has 9 nitrogen and oxygen atoms in total.